The smallest absolute Gasteiger partial charge is 0.258 e. The normalized spacial score (nSPS) is 15.5. The van der Waals surface area contributed by atoms with Crippen molar-refractivity contribution in [2.24, 2.45) is 0 Å². The lowest BCUT2D eigenvalue weighted by Gasteiger charge is -2.29. The Bertz CT molecular complexity index is 788. The maximum Gasteiger partial charge on any atom is 0.258 e. The highest BCUT2D eigenvalue weighted by Crippen LogP contribution is 2.29. The summed E-state index contributed by atoms with van der Waals surface area (Å²) in [6.45, 7) is 6.64. The number of rotatable bonds is 7. The summed E-state index contributed by atoms with van der Waals surface area (Å²) in [7, 11) is 0. The van der Waals surface area contributed by atoms with Crippen molar-refractivity contribution >= 4 is 17.5 Å². The van der Waals surface area contributed by atoms with Crippen molar-refractivity contribution in [1.82, 2.24) is 10.2 Å². The highest BCUT2D eigenvalue weighted by molar-refractivity contribution is 6.31. The Morgan fingerprint density at radius 1 is 1.15 bits per heavy atom. The molecule has 0 aromatic heterocycles. The number of hydrogen-bond acceptors (Lipinski definition) is 3. The van der Waals surface area contributed by atoms with E-state index in [1.165, 1.54) is 12.8 Å². The summed E-state index contributed by atoms with van der Waals surface area (Å²) >= 11 is 6.42. The van der Waals surface area contributed by atoms with Gasteiger partial charge < -0.3 is 10.1 Å². The van der Waals surface area contributed by atoms with Crippen molar-refractivity contribution < 1.29 is 9.53 Å². The van der Waals surface area contributed by atoms with Crippen LogP contribution in [0.25, 0.3) is 0 Å². The Kier molecular flexibility index (Phi) is 6.75. The van der Waals surface area contributed by atoms with Gasteiger partial charge in [-0.25, -0.2) is 0 Å². The highest BCUT2D eigenvalue weighted by atomic mass is 35.5. The van der Waals surface area contributed by atoms with E-state index in [0.29, 0.717) is 6.54 Å². The number of halogens is 1. The second-order valence-corrected chi connectivity index (χ2v) is 7.48. The van der Waals surface area contributed by atoms with Crippen molar-refractivity contribution in [3.63, 3.8) is 0 Å². The van der Waals surface area contributed by atoms with E-state index >= 15 is 0 Å². The van der Waals surface area contributed by atoms with Crippen molar-refractivity contribution in [2.75, 3.05) is 26.2 Å². The first kappa shape index (κ1) is 19.7. The number of aryl methyl sites for hydroxylation is 1. The second kappa shape index (κ2) is 9.25. The van der Waals surface area contributed by atoms with E-state index in [4.69, 9.17) is 16.3 Å². The summed E-state index contributed by atoms with van der Waals surface area (Å²) in [5.74, 6) is 0.638. The zero-order chi connectivity index (χ0) is 19.2. The number of hydrogen-bond donors (Lipinski definition) is 1. The molecule has 1 amide bonds. The molecule has 1 aliphatic heterocycles. The van der Waals surface area contributed by atoms with Crippen LogP contribution >= 0.6 is 11.6 Å². The van der Waals surface area contributed by atoms with Gasteiger partial charge in [0.2, 0.25) is 0 Å². The summed E-state index contributed by atoms with van der Waals surface area (Å²) in [6.07, 6.45) is 2.37. The van der Waals surface area contributed by atoms with Gasteiger partial charge in [0.15, 0.2) is 6.61 Å². The minimum absolute atomic E-state index is 0.0134. The van der Waals surface area contributed by atoms with Gasteiger partial charge in [-0.15, -0.1) is 0 Å². The van der Waals surface area contributed by atoms with E-state index in [9.17, 15) is 4.79 Å². The van der Waals surface area contributed by atoms with Crippen LogP contribution in [0.3, 0.4) is 0 Å². The van der Waals surface area contributed by atoms with Gasteiger partial charge in [-0.3, -0.25) is 9.69 Å². The molecule has 0 saturated carbocycles. The van der Waals surface area contributed by atoms with Crippen LogP contribution < -0.4 is 10.1 Å². The third-order valence-corrected chi connectivity index (χ3v) is 5.60. The lowest BCUT2D eigenvalue weighted by molar-refractivity contribution is -0.123. The molecule has 1 N–H and O–H groups in total. The van der Waals surface area contributed by atoms with Crippen LogP contribution in [0.2, 0.25) is 5.02 Å². The molecule has 0 aliphatic carbocycles. The first-order chi connectivity index (χ1) is 13.1. The molecule has 5 heteroatoms. The maximum absolute atomic E-state index is 12.4. The summed E-state index contributed by atoms with van der Waals surface area (Å²) in [5.41, 5.74) is 3.29. The lowest BCUT2D eigenvalue weighted by atomic mass is 10.1. The van der Waals surface area contributed by atoms with E-state index in [-0.39, 0.29) is 18.6 Å². The highest BCUT2D eigenvalue weighted by Gasteiger charge is 2.25. The predicted molar refractivity (Wildman–Crippen MR) is 109 cm³/mol. The summed E-state index contributed by atoms with van der Waals surface area (Å²) in [4.78, 5) is 14.8. The number of likely N-dealkylation sites (tertiary alicyclic amines) is 1. The standard InChI is InChI=1S/C22H27ClN2O2/c1-16-8-7-11-21(17(16)2)27-15-22(26)24-14-20(25-12-5-6-13-25)18-9-3-4-10-19(18)23/h3-4,7-11,20H,5-6,12-15H2,1-2H3,(H,24,26). The van der Waals surface area contributed by atoms with Gasteiger partial charge in [-0.2, -0.15) is 0 Å². The monoisotopic (exact) mass is 386 g/mol. The van der Waals surface area contributed by atoms with Gasteiger partial charge in [-0.1, -0.05) is 41.9 Å². The van der Waals surface area contributed by atoms with Crippen molar-refractivity contribution in [3.05, 3.63) is 64.2 Å². The maximum atomic E-state index is 12.4. The molecule has 1 heterocycles. The van der Waals surface area contributed by atoms with Crippen LogP contribution in [0.4, 0.5) is 0 Å². The molecule has 1 unspecified atom stereocenters. The third-order valence-electron chi connectivity index (χ3n) is 5.25. The first-order valence-electron chi connectivity index (χ1n) is 9.50. The van der Waals surface area contributed by atoms with E-state index in [1.54, 1.807) is 0 Å². The average molecular weight is 387 g/mol. The summed E-state index contributed by atoms with van der Waals surface area (Å²) in [6, 6.07) is 13.8. The van der Waals surface area contributed by atoms with Crippen molar-refractivity contribution in [1.29, 1.82) is 0 Å². The van der Waals surface area contributed by atoms with Gasteiger partial charge in [-0.05, 0) is 68.6 Å². The van der Waals surface area contributed by atoms with Gasteiger partial charge >= 0.3 is 0 Å². The molecule has 2 aromatic rings. The van der Waals surface area contributed by atoms with Crippen LogP contribution in [0.1, 0.15) is 35.6 Å². The number of amides is 1. The summed E-state index contributed by atoms with van der Waals surface area (Å²) < 4.78 is 5.71. The quantitative estimate of drug-likeness (QED) is 0.771. The topological polar surface area (TPSA) is 41.6 Å². The van der Waals surface area contributed by atoms with Gasteiger partial charge in [0.25, 0.3) is 5.91 Å². The molecule has 1 aliphatic rings. The van der Waals surface area contributed by atoms with Crippen molar-refractivity contribution in [2.45, 2.75) is 32.7 Å². The second-order valence-electron chi connectivity index (χ2n) is 7.07. The third kappa shape index (κ3) is 5.02. The fourth-order valence-electron chi connectivity index (χ4n) is 3.52. The molecule has 1 atom stereocenters. The number of nitrogens with zero attached hydrogens (tertiary/aromatic N) is 1. The first-order valence-corrected chi connectivity index (χ1v) is 9.88. The predicted octanol–water partition coefficient (Wildman–Crippen LogP) is 4.29. The molecule has 2 aromatic carbocycles. The molecule has 0 bridgehead atoms. The van der Waals surface area contributed by atoms with Crippen LogP contribution in [-0.2, 0) is 4.79 Å². The van der Waals surface area contributed by atoms with E-state index in [0.717, 1.165) is 40.6 Å². The molecule has 27 heavy (non-hydrogen) atoms. The van der Waals surface area contributed by atoms with Crippen LogP contribution in [0.5, 0.6) is 5.75 Å². The van der Waals surface area contributed by atoms with Crippen LogP contribution in [0, 0.1) is 13.8 Å². The Hall–Kier alpha value is -2.04. The largest absolute Gasteiger partial charge is 0.483 e. The molecular formula is C22H27ClN2O2. The number of ether oxygens (including phenoxy) is 1. The van der Waals surface area contributed by atoms with Crippen molar-refractivity contribution in [3.8, 4) is 5.75 Å². The average Bonchev–Trinajstić information content (AvgIpc) is 3.19. The molecule has 0 radical (unpaired) electrons. The minimum atomic E-state index is -0.118. The molecule has 1 fully saturated rings. The zero-order valence-corrected chi connectivity index (χ0v) is 16.8. The van der Waals surface area contributed by atoms with Crippen LogP contribution in [-0.4, -0.2) is 37.0 Å². The summed E-state index contributed by atoms with van der Waals surface area (Å²) in [5, 5.41) is 3.77. The Labute approximate surface area is 166 Å². The Morgan fingerprint density at radius 2 is 1.89 bits per heavy atom. The fourth-order valence-corrected chi connectivity index (χ4v) is 3.78. The van der Waals surface area contributed by atoms with E-state index in [2.05, 4.69) is 10.2 Å². The number of nitrogens with one attached hydrogen (secondary N) is 1. The molecule has 1 saturated heterocycles. The zero-order valence-electron chi connectivity index (χ0n) is 16.0. The molecule has 0 spiro atoms. The SMILES string of the molecule is Cc1cccc(OCC(=O)NCC(c2ccccc2Cl)N2CCCC2)c1C. The number of benzene rings is 2. The number of carbonyl (C=O) groups is 1. The fraction of sp³-hybridized carbons (Fsp3) is 0.409. The Balaban J connectivity index is 1.60. The molecule has 144 valence electrons. The minimum Gasteiger partial charge on any atom is -0.483 e. The van der Waals surface area contributed by atoms with Gasteiger partial charge in [0.1, 0.15) is 5.75 Å². The molecular weight excluding hydrogens is 360 g/mol. The lowest BCUT2D eigenvalue weighted by Crippen LogP contribution is -2.38. The van der Waals surface area contributed by atoms with E-state index < -0.39 is 0 Å². The molecule has 3 rings (SSSR count). The van der Waals surface area contributed by atoms with Gasteiger partial charge in [0.05, 0.1) is 6.04 Å². The van der Waals surface area contributed by atoms with Crippen LogP contribution in [0.15, 0.2) is 42.5 Å². The Morgan fingerprint density at radius 3 is 2.63 bits per heavy atom. The van der Waals surface area contributed by atoms with Gasteiger partial charge in [0, 0.05) is 11.6 Å². The molecule has 4 nitrogen and oxygen atoms in total. The van der Waals surface area contributed by atoms with E-state index in [1.807, 2.05) is 56.3 Å². The number of carbonyl (C=O) groups excluding carboxylic acids is 1.